The predicted octanol–water partition coefficient (Wildman–Crippen LogP) is 3.90. The van der Waals surface area contributed by atoms with Crippen LogP contribution < -0.4 is 10.1 Å². The number of guanidine groups is 1. The van der Waals surface area contributed by atoms with Gasteiger partial charge < -0.3 is 18.5 Å². The molecule has 2 aliphatic heterocycles. The zero-order valence-corrected chi connectivity index (χ0v) is 22.1. The Balaban J connectivity index is 1.16. The first kappa shape index (κ1) is 25.6. The van der Waals surface area contributed by atoms with E-state index in [2.05, 4.69) is 10.3 Å². The van der Waals surface area contributed by atoms with E-state index in [0.29, 0.717) is 49.8 Å². The Hall–Kier alpha value is -4.70. The molecular formula is C30H29N5O5. The van der Waals surface area contributed by atoms with Gasteiger partial charge in [-0.05, 0) is 42.0 Å². The number of furan rings is 2. The number of aliphatic imine (C=N–C) groups is 2. The number of fused-ring (bicyclic) bond motifs is 1. The molecule has 0 saturated carbocycles. The molecule has 1 unspecified atom stereocenters. The standard InChI is InChI=1S/C30H29N5O5/c1-38-22-10-8-20(9-11-22)23-18-24(27-17-21-5-2-3-6-25(21)40-27)32-30(31-23)33-28(36)19-34-12-14-35(15-13-34)29(37)26-7-4-16-39-26/h2-11,16-17,23H,12-15,18-19H2,1H3,(H,31,33,36). The van der Waals surface area contributed by atoms with Crippen LogP contribution in [0.3, 0.4) is 0 Å². The lowest BCUT2D eigenvalue weighted by molar-refractivity contribution is -0.121. The Morgan fingerprint density at radius 1 is 1.02 bits per heavy atom. The molecular weight excluding hydrogens is 510 g/mol. The van der Waals surface area contributed by atoms with Crippen molar-refractivity contribution < 1.29 is 23.2 Å². The number of piperazine rings is 1. The lowest BCUT2D eigenvalue weighted by atomic mass is 9.99. The highest BCUT2D eigenvalue weighted by Crippen LogP contribution is 2.30. The second kappa shape index (κ2) is 11.2. The number of nitrogens with one attached hydrogen (secondary N) is 1. The second-order valence-electron chi connectivity index (χ2n) is 9.75. The molecule has 1 N–H and O–H groups in total. The Kier molecular flexibility index (Phi) is 7.15. The average Bonchev–Trinajstić information content (AvgIpc) is 3.68. The number of hydrogen-bond donors (Lipinski definition) is 1. The van der Waals surface area contributed by atoms with Crippen LogP contribution in [0.1, 0.15) is 34.3 Å². The Bertz CT molecular complexity index is 1530. The lowest BCUT2D eigenvalue weighted by Crippen LogP contribution is -2.51. The van der Waals surface area contributed by atoms with Gasteiger partial charge in [-0.1, -0.05) is 30.3 Å². The van der Waals surface area contributed by atoms with Gasteiger partial charge in [-0.3, -0.25) is 19.8 Å². The molecule has 0 aliphatic carbocycles. The van der Waals surface area contributed by atoms with Gasteiger partial charge in [-0.2, -0.15) is 0 Å². The SMILES string of the molecule is COc1ccc(C2CC(c3cc4ccccc4o3)=NC(NC(=O)CN3CCN(C(=O)c4ccco4)CC3)=N2)cc1. The van der Waals surface area contributed by atoms with E-state index in [1.807, 2.05) is 59.5 Å². The summed E-state index contributed by atoms with van der Waals surface area (Å²) in [4.78, 5) is 38.8. The topological polar surface area (TPSA) is 113 Å². The molecule has 2 aromatic heterocycles. The molecule has 40 heavy (non-hydrogen) atoms. The summed E-state index contributed by atoms with van der Waals surface area (Å²) >= 11 is 0. The van der Waals surface area contributed by atoms with Crippen molar-refractivity contribution in [3.63, 3.8) is 0 Å². The highest BCUT2D eigenvalue weighted by molar-refractivity contribution is 6.11. The van der Waals surface area contributed by atoms with Crippen LogP contribution in [0, 0.1) is 0 Å². The molecule has 1 fully saturated rings. The van der Waals surface area contributed by atoms with Crippen molar-refractivity contribution in [1.29, 1.82) is 0 Å². The van der Waals surface area contributed by atoms with E-state index in [4.69, 9.17) is 18.6 Å². The number of carbonyl (C=O) groups excluding carboxylic acids is 2. The van der Waals surface area contributed by atoms with Crippen LogP contribution in [-0.4, -0.2) is 73.1 Å². The van der Waals surface area contributed by atoms with Gasteiger partial charge in [0.05, 0.1) is 31.7 Å². The highest BCUT2D eigenvalue weighted by atomic mass is 16.5. The molecule has 2 aromatic carbocycles. The van der Waals surface area contributed by atoms with E-state index in [0.717, 1.165) is 22.3 Å². The summed E-state index contributed by atoms with van der Waals surface area (Å²) in [5.74, 6) is 1.63. The summed E-state index contributed by atoms with van der Waals surface area (Å²) in [7, 11) is 1.63. The van der Waals surface area contributed by atoms with Crippen molar-refractivity contribution in [3.8, 4) is 5.75 Å². The number of methoxy groups -OCH3 is 1. The molecule has 10 heteroatoms. The number of amides is 2. The third-order valence-electron chi connectivity index (χ3n) is 7.13. The monoisotopic (exact) mass is 539 g/mol. The third kappa shape index (κ3) is 5.52. The van der Waals surface area contributed by atoms with E-state index in [9.17, 15) is 9.59 Å². The number of hydrogen-bond acceptors (Lipinski definition) is 8. The molecule has 4 aromatic rings. The van der Waals surface area contributed by atoms with Gasteiger partial charge in [0.1, 0.15) is 17.1 Å². The third-order valence-corrected chi connectivity index (χ3v) is 7.13. The smallest absolute Gasteiger partial charge is 0.289 e. The van der Waals surface area contributed by atoms with E-state index in [1.54, 1.807) is 24.1 Å². The fourth-order valence-electron chi connectivity index (χ4n) is 4.97. The van der Waals surface area contributed by atoms with Crippen LogP contribution in [0.4, 0.5) is 0 Å². The van der Waals surface area contributed by atoms with E-state index < -0.39 is 0 Å². The van der Waals surface area contributed by atoms with E-state index in [-0.39, 0.29) is 30.4 Å². The molecule has 0 bridgehead atoms. The van der Waals surface area contributed by atoms with Crippen molar-refractivity contribution >= 4 is 34.5 Å². The quantitative estimate of drug-likeness (QED) is 0.398. The van der Waals surface area contributed by atoms with Crippen LogP contribution in [-0.2, 0) is 4.79 Å². The molecule has 0 radical (unpaired) electrons. The minimum atomic E-state index is -0.252. The number of benzene rings is 2. The first-order valence-electron chi connectivity index (χ1n) is 13.2. The number of nitrogens with zero attached hydrogens (tertiary/aromatic N) is 4. The van der Waals surface area contributed by atoms with Gasteiger partial charge in [-0.15, -0.1) is 0 Å². The maximum Gasteiger partial charge on any atom is 0.289 e. The fraction of sp³-hybridized carbons (Fsp3) is 0.267. The van der Waals surface area contributed by atoms with Crippen LogP contribution >= 0.6 is 0 Å². The minimum Gasteiger partial charge on any atom is -0.497 e. The Morgan fingerprint density at radius 2 is 1.82 bits per heavy atom. The first-order valence-corrected chi connectivity index (χ1v) is 13.2. The largest absolute Gasteiger partial charge is 0.497 e. The van der Waals surface area contributed by atoms with Crippen LogP contribution in [0.15, 0.2) is 91.8 Å². The minimum absolute atomic E-state index is 0.136. The van der Waals surface area contributed by atoms with Gasteiger partial charge in [0, 0.05) is 38.0 Å². The molecule has 1 atom stereocenters. The fourth-order valence-corrected chi connectivity index (χ4v) is 4.97. The highest BCUT2D eigenvalue weighted by Gasteiger charge is 2.27. The van der Waals surface area contributed by atoms with Gasteiger partial charge in [0.15, 0.2) is 5.76 Å². The van der Waals surface area contributed by atoms with Gasteiger partial charge in [-0.25, -0.2) is 9.98 Å². The lowest BCUT2D eigenvalue weighted by Gasteiger charge is -2.33. The molecule has 10 nitrogen and oxygen atoms in total. The first-order chi connectivity index (χ1) is 19.6. The van der Waals surface area contributed by atoms with Crippen LogP contribution in [0.25, 0.3) is 11.0 Å². The Morgan fingerprint density at radius 3 is 2.55 bits per heavy atom. The van der Waals surface area contributed by atoms with Crippen molar-refractivity contribution in [2.45, 2.75) is 12.5 Å². The van der Waals surface area contributed by atoms with Crippen LogP contribution in [0.2, 0.25) is 0 Å². The zero-order chi connectivity index (χ0) is 27.5. The molecule has 4 heterocycles. The van der Waals surface area contributed by atoms with Gasteiger partial charge in [0.2, 0.25) is 11.9 Å². The van der Waals surface area contributed by atoms with Crippen molar-refractivity contribution in [2.75, 3.05) is 39.8 Å². The summed E-state index contributed by atoms with van der Waals surface area (Å²) in [6.07, 6.45) is 2.01. The molecule has 204 valence electrons. The number of para-hydroxylation sites is 1. The van der Waals surface area contributed by atoms with E-state index >= 15 is 0 Å². The van der Waals surface area contributed by atoms with Crippen LogP contribution in [0.5, 0.6) is 5.75 Å². The maximum absolute atomic E-state index is 13.1. The number of rotatable bonds is 6. The Labute approximate surface area is 230 Å². The van der Waals surface area contributed by atoms with Crippen molar-refractivity contribution in [1.82, 2.24) is 15.1 Å². The zero-order valence-electron chi connectivity index (χ0n) is 22.1. The second-order valence-corrected chi connectivity index (χ2v) is 9.75. The number of carbonyl (C=O) groups is 2. The van der Waals surface area contributed by atoms with Gasteiger partial charge in [0.25, 0.3) is 5.91 Å². The molecule has 6 rings (SSSR count). The van der Waals surface area contributed by atoms with Gasteiger partial charge >= 0.3 is 0 Å². The molecule has 1 saturated heterocycles. The molecule has 2 amide bonds. The molecule has 0 spiro atoms. The summed E-state index contributed by atoms with van der Waals surface area (Å²) < 4.78 is 16.6. The summed E-state index contributed by atoms with van der Waals surface area (Å²) in [5.41, 5.74) is 2.47. The normalized spacial score (nSPS) is 17.8. The van der Waals surface area contributed by atoms with Crippen molar-refractivity contribution in [2.24, 2.45) is 9.98 Å². The summed E-state index contributed by atoms with van der Waals surface area (Å²) in [5, 5.41) is 3.88. The van der Waals surface area contributed by atoms with Crippen molar-refractivity contribution in [3.05, 3.63) is 90.1 Å². The summed E-state index contributed by atoms with van der Waals surface area (Å²) in [6, 6.07) is 20.6. The predicted molar refractivity (Wildman–Crippen MR) is 150 cm³/mol. The maximum atomic E-state index is 13.1. The molecule has 2 aliphatic rings. The van der Waals surface area contributed by atoms with E-state index in [1.165, 1.54) is 6.26 Å². The average molecular weight is 540 g/mol. The summed E-state index contributed by atoms with van der Waals surface area (Å²) in [6.45, 7) is 2.36. The number of ether oxygens (including phenoxy) is 1.